The monoisotopic (exact) mass is 500 g/mol. The Hall–Kier alpha value is -2.06. The third kappa shape index (κ3) is 7.25. The average molecular weight is 501 g/mol. The van der Waals surface area contributed by atoms with Crippen LogP contribution in [-0.4, -0.2) is 66.8 Å². The summed E-state index contributed by atoms with van der Waals surface area (Å²) in [5.41, 5.74) is -0.269. The van der Waals surface area contributed by atoms with Crippen LogP contribution in [0.2, 0.25) is 0 Å². The van der Waals surface area contributed by atoms with Crippen LogP contribution in [0.5, 0.6) is 0 Å². The maximum Gasteiger partial charge on any atom is 0.126 e. The molecule has 2 aromatic carbocycles. The summed E-state index contributed by atoms with van der Waals surface area (Å²) in [6, 6.07) is 15.0. The second-order valence-corrected chi connectivity index (χ2v) is 11.0. The van der Waals surface area contributed by atoms with Gasteiger partial charge in [0.2, 0.25) is 0 Å². The molecule has 0 spiro atoms. The van der Waals surface area contributed by atoms with Crippen molar-refractivity contribution < 1.29 is 30.6 Å². The van der Waals surface area contributed by atoms with E-state index in [4.69, 9.17) is 0 Å². The fourth-order valence-corrected chi connectivity index (χ4v) is 4.84. The normalized spacial score (nSPS) is 17.9. The summed E-state index contributed by atoms with van der Waals surface area (Å²) in [4.78, 5) is 0. The van der Waals surface area contributed by atoms with Crippen LogP contribution >= 0.6 is 0 Å². The second-order valence-electron chi connectivity index (χ2n) is 11.0. The van der Waals surface area contributed by atoms with Gasteiger partial charge in [0.05, 0.1) is 6.61 Å². The zero-order valence-corrected chi connectivity index (χ0v) is 22.2. The Morgan fingerprint density at radius 3 is 1.72 bits per heavy atom. The van der Waals surface area contributed by atoms with Crippen molar-refractivity contribution >= 4 is 0 Å². The fraction of sp³-hybridized carbons (Fsp3) is 0.533. The smallest absolute Gasteiger partial charge is 0.126 e. The highest BCUT2D eigenvalue weighted by Crippen LogP contribution is 2.36. The van der Waals surface area contributed by atoms with Gasteiger partial charge >= 0.3 is 0 Å². The summed E-state index contributed by atoms with van der Waals surface area (Å²) in [5, 5.41) is 66.1. The molecule has 0 heterocycles. The van der Waals surface area contributed by atoms with Gasteiger partial charge in [-0.2, -0.15) is 0 Å². The van der Waals surface area contributed by atoms with Crippen LogP contribution in [0.25, 0.3) is 0 Å². The summed E-state index contributed by atoms with van der Waals surface area (Å²) in [6.07, 6.45) is -5.86. The molecule has 0 aromatic heterocycles. The number of benzene rings is 2. The third-order valence-corrected chi connectivity index (χ3v) is 6.89. The largest absolute Gasteiger partial charge is 0.394 e. The van der Waals surface area contributed by atoms with Crippen LogP contribution in [0.15, 0.2) is 60.7 Å². The van der Waals surface area contributed by atoms with Crippen molar-refractivity contribution in [3.8, 4) is 0 Å². The molecule has 1 unspecified atom stereocenters. The summed E-state index contributed by atoms with van der Waals surface area (Å²) >= 11 is 0. The predicted octanol–water partition coefficient (Wildman–Crippen LogP) is 3.22. The highest BCUT2D eigenvalue weighted by Gasteiger charge is 2.54. The first-order valence-electron chi connectivity index (χ1n) is 12.7. The number of aliphatic hydroxyl groups is 6. The number of aliphatic hydroxyl groups excluding tert-OH is 4. The van der Waals surface area contributed by atoms with E-state index in [1.54, 1.807) is 13.0 Å². The summed E-state index contributed by atoms with van der Waals surface area (Å²) in [5.74, 6) is 0.472. The lowest BCUT2D eigenvalue weighted by atomic mass is 9.71. The Kier molecular flexibility index (Phi) is 10.4. The summed E-state index contributed by atoms with van der Waals surface area (Å²) in [7, 11) is 0. The molecule has 6 heteroatoms. The van der Waals surface area contributed by atoms with Gasteiger partial charge in [-0.05, 0) is 47.4 Å². The molecule has 0 aliphatic carbocycles. The second kappa shape index (κ2) is 12.5. The molecule has 5 atom stereocenters. The van der Waals surface area contributed by atoms with E-state index in [0.29, 0.717) is 11.1 Å². The highest BCUT2D eigenvalue weighted by atomic mass is 16.4. The third-order valence-electron chi connectivity index (χ3n) is 6.89. The van der Waals surface area contributed by atoms with Gasteiger partial charge in [0.15, 0.2) is 0 Å². The molecule has 2 aromatic rings. The van der Waals surface area contributed by atoms with Crippen LogP contribution < -0.4 is 0 Å². The molecule has 0 saturated heterocycles. The quantitative estimate of drug-likeness (QED) is 0.235. The maximum absolute atomic E-state index is 11.9. The van der Waals surface area contributed by atoms with Crippen molar-refractivity contribution in [3.05, 3.63) is 82.9 Å². The van der Waals surface area contributed by atoms with E-state index in [9.17, 15) is 30.6 Å². The Morgan fingerprint density at radius 2 is 1.31 bits per heavy atom. The Bertz CT molecular complexity index is 1000. The molecular weight excluding hydrogens is 456 g/mol. The van der Waals surface area contributed by atoms with Gasteiger partial charge < -0.3 is 30.6 Å². The topological polar surface area (TPSA) is 121 Å². The lowest BCUT2D eigenvalue weighted by Crippen LogP contribution is -2.66. The fourth-order valence-electron chi connectivity index (χ4n) is 4.84. The van der Waals surface area contributed by atoms with Crippen LogP contribution in [0.1, 0.15) is 75.1 Å². The highest BCUT2D eigenvalue weighted by molar-refractivity contribution is 5.30. The van der Waals surface area contributed by atoms with Gasteiger partial charge in [0.1, 0.15) is 29.5 Å². The van der Waals surface area contributed by atoms with Gasteiger partial charge in [-0.15, -0.1) is 6.58 Å². The molecule has 0 amide bonds. The van der Waals surface area contributed by atoms with Gasteiger partial charge in [-0.3, -0.25) is 0 Å². The minimum Gasteiger partial charge on any atom is -0.394 e. The van der Waals surface area contributed by atoms with Crippen molar-refractivity contribution in [2.24, 2.45) is 0 Å². The average Bonchev–Trinajstić information content (AvgIpc) is 2.82. The standard InChI is InChI=1S/C30H44O6/c1-19(2)15-29(35,16-22-9-7-11-24(13-22)20(3)4)28(34)30(36,27(33)26(32)18-31)17-23-10-8-12-25(14-23)21(5)6/h7-14,20-21,26-28,31-36H,1,15-18H2,2-6H3/t26-,27+,28+,29?,30+/m0/s1. The van der Waals surface area contributed by atoms with E-state index in [0.717, 1.165) is 16.7 Å². The van der Waals surface area contributed by atoms with E-state index in [2.05, 4.69) is 20.4 Å². The molecule has 6 N–H and O–H groups in total. The molecule has 0 aliphatic rings. The molecule has 6 nitrogen and oxygen atoms in total. The van der Waals surface area contributed by atoms with E-state index >= 15 is 0 Å². The SMILES string of the molecule is C=C(C)CC(O)(Cc1cccc(C(C)C)c1)[C@@H](O)[C@@](O)(Cc1cccc(C(C)C)c1)[C@H](O)[C@@H](O)CO. The molecule has 0 saturated carbocycles. The lowest BCUT2D eigenvalue weighted by Gasteiger charge is -2.46. The molecule has 36 heavy (non-hydrogen) atoms. The van der Waals surface area contributed by atoms with Gasteiger partial charge in [0, 0.05) is 12.8 Å². The molecule has 0 fully saturated rings. The van der Waals surface area contributed by atoms with E-state index < -0.39 is 36.1 Å². The van der Waals surface area contributed by atoms with Gasteiger partial charge in [-0.1, -0.05) is 81.8 Å². The van der Waals surface area contributed by atoms with Crippen LogP contribution in [0.3, 0.4) is 0 Å². The molecule has 0 aliphatic heterocycles. The molecule has 200 valence electrons. The van der Waals surface area contributed by atoms with Crippen LogP contribution in [0.4, 0.5) is 0 Å². The Morgan fingerprint density at radius 1 is 0.833 bits per heavy atom. The van der Waals surface area contributed by atoms with Crippen LogP contribution in [0, 0.1) is 0 Å². The van der Waals surface area contributed by atoms with Crippen molar-refractivity contribution in [1.29, 1.82) is 0 Å². The zero-order valence-electron chi connectivity index (χ0n) is 22.2. The van der Waals surface area contributed by atoms with E-state index in [1.807, 2.05) is 56.3 Å². The van der Waals surface area contributed by atoms with Crippen molar-refractivity contribution in [2.45, 2.75) is 95.2 Å². The first-order chi connectivity index (χ1) is 16.7. The Labute approximate surface area is 215 Å². The molecule has 0 radical (unpaired) electrons. The van der Waals surface area contributed by atoms with Crippen molar-refractivity contribution in [3.63, 3.8) is 0 Å². The van der Waals surface area contributed by atoms with E-state index in [1.165, 1.54) is 0 Å². The predicted molar refractivity (Wildman–Crippen MR) is 143 cm³/mol. The zero-order chi connectivity index (χ0) is 27.3. The first-order valence-corrected chi connectivity index (χ1v) is 12.7. The summed E-state index contributed by atoms with van der Waals surface area (Å²) < 4.78 is 0. The maximum atomic E-state index is 11.9. The summed E-state index contributed by atoms with van der Waals surface area (Å²) in [6.45, 7) is 13.0. The Balaban J connectivity index is 2.58. The number of hydrogen-bond donors (Lipinski definition) is 6. The first kappa shape index (κ1) is 30.2. The minimum absolute atomic E-state index is 0.0160. The van der Waals surface area contributed by atoms with Crippen LogP contribution in [-0.2, 0) is 12.8 Å². The molecular formula is C30H44O6. The lowest BCUT2D eigenvalue weighted by molar-refractivity contribution is -0.228. The number of hydrogen-bond acceptors (Lipinski definition) is 6. The van der Waals surface area contributed by atoms with Gasteiger partial charge in [0.25, 0.3) is 0 Å². The van der Waals surface area contributed by atoms with Crippen molar-refractivity contribution in [1.82, 2.24) is 0 Å². The molecule has 0 bridgehead atoms. The number of rotatable bonds is 13. The molecule has 2 rings (SSSR count). The van der Waals surface area contributed by atoms with E-state index in [-0.39, 0.29) is 31.1 Å². The van der Waals surface area contributed by atoms with Crippen molar-refractivity contribution in [2.75, 3.05) is 6.61 Å². The van der Waals surface area contributed by atoms with Gasteiger partial charge in [-0.25, -0.2) is 0 Å². The minimum atomic E-state index is -2.38.